The van der Waals surface area contributed by atoms with Crippen LogP contribution in [0.1, 0.15) is 53.6 Å². The standard InChI is InChI=1S/C23H30F2N4O4/c1-4-18-21(23(31)32-13-19(30)20-16(24)7-5-8-17(20)25)22(26)29(27-18)10-6-9-28-11-14(2)33-15(3)12-28/h5,7-8,14-15H,4,6,9-13,26H2,1-3H3/t14-,15+. The van der Waals surface area contributed by atoms with Gasteiger partial charge < -0.3 is 15.2 Å². The Labute approximate surface area is 191 Å². The SMILES string of the molecule is CCc1nn(CCCN2C[C@@H](C)O[C@@H](C)C2)c(N)c1C(=O)OCC(=O)c1c(F)cccc1F. The number of hydrogen-bond acceptors (Lipinski definition) is 7. The summed E-state index contributed by atoms with van der Waals surface area (Å²) >= 11 is 0. The summed E-state index contributed by atoms with van der Waals surface area (Å²) < 4.78 is 39.9. The Morgan fingerprint density at radius 1 is 1.15 bits per heavy atom. The second-order valence-corrected chi connectivity index (χ2v) is 8.25. The van der Waals surface area contributed by atoms with E-state index in [9.17, 15) is 18.4 Å². The van der Waals surface area contributed by atoms with Crippen molar-refractivity contribution in [1.82, 2.24) is 14.7 Å². The average molecular weight is 465 g/mol. The number of morpholine rings is 1. The fraction of sp³-hybridized carbons (Fsp3) is 0.522. The van der Waals surface area contributed by atoms with E-state index in [-0.39, 0.29) is 23.6 Å². The van der Waals surface area contributed by atoms with Gasteiger partial charge in [-0.05, 0) is 38.8 Å². The van der Waals surface area contributed by atoms with E-state index >= 15 is 0 Å². The van der Waals surface area contributed by atoms with Gasteiger partial charge in [0.2, 0.25) is 5.78 Å². The first-order valence-electron chi connectivity index (χ1n) is 11.1. The summed E-state index contributed by atoms with van der Waals surface area (Å²) in [7, 11) is 0. The molecule has 0 radical (unpaired) electrons. The lowest BCUT2D eigenvalue weighted by atomic mass is 10.1. The zero-order valence-electron chi connectivity index (χ0n) is 19.1. The van der Waals surface area contributed by atoms with E-state index < -0.39 is 35.6 Å². The maximum absolute atomic E-state index is 13.8. The zero-order chi connectivity index (χ0) is 24.1. The number of benzene rings is 1. The van der Waals surface area contributed by atoms with Gasteiger partial charge in [-0.15, -0.1) is 0 Å². The fourth-order valence-corrected chi connectivity index (χ4v) is 4.12. The Bertz CT molecular complexity index is 980. The molecule has 2 heterocycles. The molecule has 2 N–H and O–H groups in total. The van der Waals surface area contributed by atoms with Crippen LogP contribution in [0.15, 0.2) is 18.2 Å². The number of carbonyl (C=O) groups excluding carboxylic acids is 2. The third kappa shape index (κ3) is 5.94. The molecule has 180 valence electrons. The summed E-state index contributed by atoms with van der Waals surface area (Å²) in [4.78, 5) is 27.1. The molecular formula is C23H30F2N4O4. The minimum atomic E-state index is -1.01. The van der Waals surface area contributed by atoms with E-state index in [1.807, 2.05) is 20.8 Å². The van der Waals surface area contributed by atoms with Crippen LogP contribution in [0.3, 0.4) is 0 Å². The summed E-state index contributed by atoms with van der Waals surface area (Å²) in [6, 6.07) is 3.08. The highest BCUT2D eigenvalue weighted by molar-refractivity contribution is 6.01. The first-order chi connectivity index (χ1) is 15.7. The van der Waals surface area contributed by atoms with Crippen molar-refractivity contribution >= 4 is 17.6 Å². The van der Waals surface area contributed by atoms with Crippen LogP contribution in [0.4, 0.5) is 14.6 Å². The summed E-state index contributed by atoms with van der Waals surface area (Å²) in [5, 5.41) is 4.42. The van der Waals surface area contributed by atoms with Gasteiger partial charge in [0, 0.05) is 26.2 Å². The number of hydrogen-bond donors (Lipinski definition) is 1. The van der Waals surface area contributed by atoms with Gasteiger partial charge in [-0.1, -0.05) is 13.0 Å². The minimum absolute atomic E-state index is 0.0768. The number of ketones is 1. The molecule has 2 atom stereocenters. The van der Waals surface area contributed by atoms with Crippen LogP contribution in [0.25, 0.3) is 0 Å². The number of esters is 1. The Morgan fingerprint density at radius 3 is 2.39 bits per heavy atom. The molecule has 0 unspecified atom stereocenters. The lowest BCUT2D eigenvalue weighted by Gasteiger charge is -2.35. The molecule has 1 saturated heterocycles. The summed E-state index contributed by atoms with van der Waals surface area (Å²) in [6.45, 7) is 8.15. The van der Waals surface area contributed by atoms with E-state index in [1.165, 1.54) is 0 Å². The average Bonchev–Trinajstić information content (AvgIpc) is 3.06. The normalized spacial score (nSPS) is 18.9. The molecule has 0 spiro atoms. The molecule has 1 aliphatic rings. The number of aromatic nitrogens is 2. The van der Waals surface area contributed by atoms with Crippen molar-refractivity contribution < 1.29 is 27.8 Å². The highest BCUT2D eigenvalue weighted by Crippen LogP contribution is 2.21. The van der Waals surface area contributed by atoms with E-state index in [4.69, 9.17) is 15.2 Å². The van der Waals surface area contributed by atoms with Crippen LogP contribution < -0.4 is 5.73 Å². The topological polar surface area (TPSA) is 99.7 Å². The Morgan fingerprint density at radius 2 is 1.79 bits per heavy atom. The second-order valence-electron chi connectivity index (χ2n) is 8.25. The molecule has 10 heteroatoms. The van der Waals surface area contributed by atoms with Crippen molar-refractivity contribution in [3.8, 4) is 0 Å². The van der Waals surface area contributed by atoms with E-state index in [1.54, 1.807) is 4.68 Å². The van der Waals surface area contributed by atoms with Gasteiger partial charge in [-0.25, -0.2) is 18.3 Å². The van der Waals surface area contributed by atoms with E-state index in [2.05, 4.69) is 10.00 Å². The predicted octanol–water partition coefficient (Wildman–Crippen LogP) is 2.84. The summed E-state index contributed by atoms with van der Waals surface area (Å²) in [5.74, 6) is -3.71. The number of halogens is 2. The first-order valence-corrected chi connectivity index (χ1v) is 11.1. The number of carbonyl (C=O) groups is 2. The van der Waals surface area contributed by atoms with Gasteiger partial charge in [-0.2, -0.15) is 5.10 Å². The number of Topliss-reactive ketones (excluding diaryl/α,β-unsaturated/α-hetero) is 1. The van der Waals surface area contributed by atoms with Gasteiger partial charge in [-0.3, -0.25) is 9.69 Å². The highest BCUT2D eigenvalue weighted by Gasteiger charge is 2.26. The highest BCUT2D eigenvalue weighted by atomic mass is 19.1. The van der Waals surface area contributed by atoms with Crippen molar-refractivity contribution in [2.75, 3.05) is 32.0 Å². The molecule has 0 aliphatic carbocycles. The molecule has 2 aromatic rings. The largest absolute Gasteiger partial charge is 0.454 e. The third-order valence-corrected chi connectivity index (χ3v) is 5.52. The van der Waals surface area contributed by atoms with Crippen LogP contribution in [0, 0.1) is 11.6 Å². The molecule has 0 saturated carbocycles. The van der Waals surface area contributed by atoms with Crippen LogP contribution in [0.5, 0.6) is 0 Å². The van der Waals surface area contributed by atoms with Crippen molar-refractivity contribution in [1.29, 1.82) is 0 Å². The number of rotatable bonds is 9. The van der Waals surface area contributed by atoms with Crippen molar-refractivity contribution in [3.05, 3.63) is 46.7 Å². The molecule has 3 rings (SSSR count). The van der Waals surface area contributed by atoms with Crippen molar-refractivity contribution in [2.24, 2.45) is 0 Å². The van der Waals surface area contributed by atoms with Crippen LogP contribution >= 0.6 is 0 Å². The number of ether oxygens (including phenoxy) is 2. The molecule has 1 aromatic heterocycles. The first kappa shape index (κ1) is 24.8. The lowest BCUT2D eigenvalue weighted by Crippen LogP contribution is -2.45. The Balaban J connectivity index is 1.62. The minimum Gasteiger partial charge on any atom is -0.454 e. The maximum Gasteiger partial charge on any atom is 0.344 e. The third-order valence-electron chi connectivity index (χ3n) is 5.52. The van der Waals surface area contributed by atoms with Crippen molar-refractivity contribution in [3.63, 3.8) is 0 Å². The van der Waals surface area contributed by atoms with Crippen LogP contribution in [-0.2, 0) is 22.4 Å². The molecule has 0 amide bonds. The second kappa shape index (κ2) is 10.8. The Kier molecular flexibility index (Phi) is 8.15. The number of nitrogens with zero attached hydrogens (tertiary/aromatic N) is 3. The van der Waals surface area contributed by atoms with Gasteiger partial charge >= 0.3 is 5.97 Å². The molecule has 1 aliphatic heterocycles. The van der Waals surface area contributed by atoms with E-state index in [0.29, 0.717) is 18.7 Å². The maximum atomic E-state index is 13.8. The van der Waals surface area contributed by atoms with Gasteiger partial charge in [0.05, 0.1) is 23.5 Å². The molecular weight excluding hydrogens is 434 g/mol. The smallest absolute Gasteiger partial charge is 0.344 e. The number of aryl methyl sites for hydroxylation is 2. The van der Waals surface area contributed by atoms with Crippen LogP contribution in [-0.4, -0.2) is 64.9 Å². The van der Waals surface area contributed by atoms with Gasteiger partial charge in [0.25, 0.3) is 0 Å². The van der Waals surface area contributed by atoms with Crippen LogP contribution in [0.2, 0.25) is 0 Å². The Hall–Kier alpha value is -2.85. The van der Waals surface area contributed by atoms with Crippen molar-refractivity contribution in [2.45, 2.75) is 52.4 Å². The zero-order valence-corrected chi connectivity index (χ0v) is 19.1. The number of nitrogen functional groups attached to an aromatic ring is 1. The van der Waals surface area contributed by atoms with Gasteiger partial charge in [0.15, 0.2) is 6.61 Å². The van der Waals surface area contributed by atoms with E-state index in [0.717, 1.165) is 44.3 Å². The number of anilines is 1. The summed E-state index contributed by atoms with van der Waals surface area (Å²) in [6.07, 6.45) is 1.55. The quantitative estimate of drug-likeness (QED) is 0.450. The predicted molar refractivity (Wildman–Crippen MR) is 118 cm³/mol. The monoisotopic (exact) mass is 464 g/mol. The summed E-state index contributed by atoms with van der Waals surface area (Å²) in [5.41, 5.74) is 5.95. The fourth-order valence-electron chi connectivity index (χ4n) is 4.12. The molecule has 0 bridgehead atoms. The molecule has 1 aromatic carbocycles. The molecule has 1 fully saturated rings. The van der Waals surface area contributed by atoms with Gasteiger partial charge in [0.1, 0.15) is 23.0 Å². The molecule has 8 nitrogen and oxygen atoms in total. The number of nitrogens with two attached hydrogens (primary N) is 1. The molecule has 33 heavy (non-hydrogen) atoms. The lowest BCUT2D eigenvalue weighted by molar-refractivity contribution is -0.0683.